The Morgan fingerprint density at radius 2 is 2.12 bits per heavy atom. The molecule has 1 aromatic rings. The summed E-state index contributed by atoms with van der Waals surface area (Å²) >= 11 is 0. The SMILES string of the molecule is OC1CCCN(c2ccc3c(c2)OCO3)C1. The van der Waals surface area contributed by atoms with E-state index in [2.05, 4.69) is 4.90 Å². The summed E-state index contributed by atoms with van der Waals surface area (Å²) < 4.78 is 10.6. The Morgan fingerprint density at radius 3 is 3.00 bits per heavy atom. The number of rotatable bonds is 1. The van der Waals surface area contributed by atoms with E-state index in [1.807, 2.05) is 18.2 Å². The maximum atomic E-state index is 9.64. The van der Waals surface area contributed by atoms with E-state index in [0.29, 0.717) is 13.3 Å². The lowest BCUT2D eigenvalue weighted by Crippen LogP contribution is -2.38. The summed E-state index contributed by atoms with van der Waals surface area (Å²) in [6.07, 6.45) is 1.73. The normalized spacial score (nSPS) is 23.6. The summed E-state index contributed by atoms with van der Waals surface area (Å²) in [6.45, 7) is 2.01. The maximum absolute atomic E-state index is 9.64. The molecule has 0 aromatic heterocycles. The number of hydrogen-bond donors (Lipinski definition) is 1. The van der Waals surface area contributed by atoms with Crippen LogP contribution in [-0.4, -0.2) is 31.1 Å². The van der Waals surface area contributed by atoms with Crippen molar-refractivity contribution in [3.8, 4) is 11.5 Å². The van der Waals surface area contributed by atoms with Crippen molar-refractivity contribution in [2.24, 2.45) is 0 Å². The van der Waals surface area contributed by atoms with Crippen molar-refractivity contribution in [1.29, 1.82) is 0 Å². The minimum absolute atomic E-state index is 0.209. The lowest BCUT2D eigenvalue weighted by Gasteiger charge is -2.32. The predicted molar refractivity (Wildman–Crippen MR) is 60.0 cm³/mol. The molecule has 0 bridgehead atoms. The van der Waals surface area contributed by atoms with Gasteiger partial charge in [0.25, 0.3) is 0 Å². The van der Waals surface area contributed by atoms with E-state index in [1.54, 1.807) is 0 Å². The van der Waals surface area contributed by atoms with Crippen LogP contribution in [-0.2, 0) is 0 Å². The summed E-state index contributed by atoms with van der Waals surface area (Å²) in [7, 11) is 0. The monoisotopic (exact) mass is 221 g/mol. The van der Waals surface area contributed by atoms with E-state index in [1.165, 1.54) is 0 Å². The number of aliphatic hydroxyl groups excluding tert-OH is 1. The molecule has 1 saturated heterocycles. The van der Waals surface area contributed by atoms with Crippen LogP contribution in [0.2, 0.25) is 0 Å². The van der Waals surface area contributed by atoms with E-state index in [4.69, 9.17) is 9.47 Å². The number of hydrogen-bond acceptors (Lipinski definition) is 4. The third-order valence-corrected chi connectivity index (χ3v) is 3.12. The number of piperidine rings is 1. The fraction of sp³-hybridized carbons (Fsp3) is 0.500. The molecule has 1 atom stereocenters. The molecule has 1 fully saturated rings. The molecule has 4 nitrogen and oxygen atoms in total. The number of ether oxygens (including phenoxy) is 2. The fourth-order valence-corrected chi connectivity index (χ4v) is 2.27. The van der Waals surface area contributed by atoms with Gasteiger partial charge in [-0.25, -0.2) is 0 Å². The molecule has 2 aliphatic rings. The first kappa shape index (κ1) is 9.78. The summed E-state index contributed by atoms with van der Waals surface area (Å²) in [5.41, 5.74) is 1.10. The van der Waals surface area contributed by atoms with Crippen molar-refractivity contribution in [3.05, 3.63) is 18.2 Å². The molecule has 1 unspecified atom stereocenters. The molecule has 86 valence electrons. The summed E-state index contributed by atoms with van der Waals surface area (Å²) in [6, 6.07) is 5.94. The van der Waals surface area contributed by atoms with Gasteiger partial charge in [0.1, 0.15) is 0 Å². The van der Waals surface area contributed by atoms with Gasteiger partial charge in [-0.1, -0.05) is 0 Å². The average molecular weight is 221 g/mol. The first-order chi connectivity index (χ1) is 7.83. The second kappa shape index (κ2) is 3.87. The van der Waals surface area contributed by atoms with Gasteiger partial charge in [0.15, 0.2) is 11.5 Å². The van der Waals surface area contributed by atoms with E-state index >= 15 is 0 Å². The molecule has 0 saturated carbocycles. The first-order valence-corrected chi connectivity index (χ1v) is 5.65. The van der Waals surface area contributed by atoms with Crippen LogP contribution in [0, 0.1) is 0 Å². The van der Waals surface area contributed by atoms with Crippen LogP contribution in [0.3, 0.4) is 0 Å². The highest BCUT2D eigenvalue weighted by atomic mass is 16.7. The summed E-state index contributed by atoms with van der Waals surface area (Å²) in [5, 5.41) is 9.64. The van der Waals surface area contributed by atoms with Crippen molar-refractivity contribution in [3.63, 3.8) is 0 Å². The Bertz CT molecular complexity index is 394. The lowest BCUT2D eigenvalue weighted by atomic mass is 10.1. The van der Waals surface area contributed by atoms with Crippen LogP contribution in [0.15, 0.2) is 18.2 Å². The Hall–Kier alpha value is -1.42. The number of aliphatic hydroxyl groups is 1. The first-order valence-electron chi connectivity index (χ1n) is 5.65. The average Bonchev–Trinajstić information content (AvgIpc) is 2.75. The molecular weight excluding hydrogens is 206 g/mol. The van der Waals surface area contributed by atoms with Gasteiger partial charge in [-0.3, -0.25) is 0 Å². The third kappa shape index (κ3) is 1.69. The minimum atomic E-state index is -0.209. The van der Waals surface area contributed by atoms with Gasteiger partial charge in [0, 0.05) is 24.8 Å². The molecule has 1 N–H and O–H groups in total. The molecule has 0 aliphatic carbocycles. The topological polar surface area (TPSA) is 41.9 Å². The second-order valence-electron chi connectivity index (χ2n) is 4.28. The van der Waals surface area contributed by atoms with E-state index in [-0.39, 0.29) is 6.10 Å². The van der Waals surface area contributed by atoms with Crippen molar-refractivity contribution in [1.82, 2.24) is 0 Å². The molecule has 16 heavy (non-hydrogen) atoms. The molecule has 2 aliphatic heterocycles. The highest BCUT2D eigenvalue weighted by molar-refractivity contribution is 5.57. The van der Waals surface area contributed by atoms with E-state index < -0.39 is 0 Å². The Morgan fingerprint density at radius 1 is 1.25 bits per heavy atom. The van der Waals surface area contributed by atoms with Crippen molar-refractivity contribution in [2.75, 3.05) is 24.8 Å². The van der Waals surface area contributed by atoms with Crippen molar-refractivity contribution >= 4 is 5.69 Å². The van der Waals surface area contributed by atoms with Crippen LogP contribution >= 0.6 is 0 Å². The summed E-state index contributed by atoms with van der Waals surface area (Å²) in [4.78, 5) is 2.19. The van der Waals surface area contributed by atoms with Gasteiger partial charge in [-0.15, -0.1) is 0 Å². The van der Waals surface area contributed by atoms with Gasteiger partial charge < -0.3 is 19.5 Å². The molecule has 0 amide bonds. The predicted octanol–water partition coefficient (Wildman–Crippen LogP) is 1.38. The van der Waals surface area contributed by atoms with Gasteiger partial charge >= 0.3 is 0 Å². The second-order valence-corrected chi connectivity index (χ2v) is 4.28. The van der Waals surface area contributed by atoms with Crippen LogP contribution in [0.4, 0.5) is 5.69 Å². The van der Waals surface area contributed by atoms with Gasteiger partial charge in [-0.05, 0) is 25.0 Å². The van der Waals surface area contributed by atoms with Crippen LogP contribution in [0.25, 0.3) is 0 Å². The van der Waals surface area contributed by atoms with Crippen LogP contribution in [0.1, 0.15) is 12.8 Å². The van der Waals surface area contributed by atoms with Crippen LogP contribution in [0.5, 0.6) is 11.5 Å². The van der Waals surface area contributed by atoms with E-state index in [0.717, 1.165) is 36.6 Å². The number of fused-ring (bicyclic) bond motifs is 1. The molecule has 3 rings (SSSR count). The Kier molecular flexibility index (Phi) is 2.36. The largest absolute Gasteiger partial charge is 0.454 e. The molecule has 0 spiro atoms. The summed E-state index contributed by atoms with van der Waals surface area (Å²) in [5.74, 6) is 1.61. The van der Waals surface area contributed by atoms with Crippen molar-refractivity contribution < 1.29 is 14.6 Å². The molecule has 4 heteroatoms. The van der Waals surface area contributed by atoms with Gasteiger partial charge in [0.2, 0.25) is 6.79 Å². The Labute approximate surface area is 94.4 Å². The highest BCUT2D eigenvalue weighted by Crippen LogP contribution is 2.36. The van der Waals surface area contributed by atoms with E-state index in [9.17, 15) is 5.11 Å². The zero-order valence-corrected chi connectivity index (χ0v) is 9.06. The van der Waals surface area contributed by atoms with Crippen molar-refractivity contribution in [2.45, 2.75) is 18.9 Å². The number of nitrogens with zero attached hydrogens (tertiary/aromatic N) is 1. The fourth-order valence-electron chi connectivity index (χ4n) is 2.27. The minimum Gasteiger partial charge on any atom is -0.454 e. The number of β-amino-alcohol motifs (C(OH)–C–C–N with tert-alkyl or cyclic N) is 1. The number of benzene rings is 1. The third-order valence-electron chi connectivity index (χ3n) is 3.12. The smallest absolute Gasteiger partial charge is 0.231 e. The molecular formula is C12H15NO3. The molecule has 1 aromatic carbocycles. The van der Waals surface area contributed by atoms with Gasteiger partial charge in [0.05, 0.1) is 6.10 Å². The van der Waals surface area contributed by atoms with Gasteiger partial charge in [-0.2, -0.15) is 0 Å². The zero-order valence-electron chi connectivity index (χ0n) is 9.06. The quantitative estimate of drug-likeness (QED) is 0.778. The molecule has 2 heterocycles. The standard InChI is InChI=1S/C12H15NO3/c14-10-2-1-5-13(7-10)9-3-4-11-12(6-9)16-8-15-11/h3-4,6,10,14H,1-2,5,7-8H2. The maximum Gasteiger partial charge on any atom is 0.231 e. The number of anilines is 1. The zero-order chi connectivity index (χ0) is 11.0. The molecule has 0 radical (unpaired) electrons. The lowest BCUT2D eigenvalue weighted by molar-refractivity contribution is 0.154. The highest BCUT2D eigenvalue weighted by Gasteiger charge is 2.20. The Balaban J connectivity index is 1.83. The van der Waals surface area contributed by atoms with Crippen LogP contribution < -0.4 is 14.4 Å².